The standard InChI is InChI=1S/C16H26FNO/c1-16(2,3)18-12-6-4-5-7-13-19-15-10-8-14(17)9-11-15/h8-11,18H,4-7,12-13H2,1-3H3. The van der Waals surface area contributed by atoms with E-state index in [-0.39, 0.29) is 11.4 Å². The fourth-order valence-electron chi connectivity index (χ4n) is 1.76. The Hall–Kier alpha value is -1.09. The van der Waals surface area contributed by atoms with Gasteiger partial charge in [0.1, 0.15) is 11.6 Å². The molecule has 3 heteroatoms. The van der Waals surface area contributed by atoms with Gasteiger partial charge in [0.15, 0.2) is 0 Å². The number of hydrogen-bond acceptors (Lipinski definition) is 2. The van der Waals surface area contributed by atoms with E-state index in [0.29, 0.717) is 6.61 Å². The van der Waals surface area contributed by atoms with Gasteiger partial charge in [-0.15, -0.1) is 0 Å². The zero-order valence-electron chi connectivity index (χ0n) is 12.3. The smallest absolute Gasteiger partial charge is 0.123 e. The number of unbranched alkanes of at least 4 members (excludes halogenated alkanes) is 3. The van der Waals surface area contributed by atoms with Crippen LogP contribution in [-0.4, -0.2) is 18.7 Å². The Balaban J connectivity index is 1.95. The van der Waals surface area contributed by atoms with Crippen LogP contribution in [0.15, 0.2) is 24.3 Å². The Bertz CT molecular complexity index is 343. The van der Waals surface area contributed by atoms with Crippen LogP contribution in [-0.2, 0) is 0 Å². The van der Waals surface area contributed by atoms with Crippen LogP contribution >= 0.6 is 0 Å². The summed E-state index contributed by atoms with van der Waals surface area (Å²) in [5, 5.41) is 3.48. The zero-order valence-corrected chi connectivity index (χ0v) is 12.3. The molecule has 0 aromatic heterocycles. The van der Waals surface area contributed by atoms with E-state index < -0.39 is 0 Å². The predicted octanol–water partition coefficient (Wildman–Crippen LogP) is 4.15. The third kappa shape index (κ3) is 8.60. The molecule has 0 bridgehead atoms. The summed E-state index contributed by atoms with van der Waals surface area (Å²) in [6, 6.07) is 6.19. The number of rotatable bonds is 8. The van der Waals surface area contributed by atoms with E-state index in [1.165, 1.54) is 31.4 Å². The summed E-state index contributed by atoms with van der Waals surface area (Å²) in [7, 11) is 0. The molecular weight excluding hydrogens is 241 g/mol. The lowest BCUT2D eigenvalue weighted by molar-refractivity contribution is 0.303. The summed E-state index contributed by atoms with van der Waals surface area (Å²) in [5.74, 6) is 0.523. The summed E-state index contributed by atoms with van der Waals surface area (Å²) >= 11 is 0. The van der Waals surface area contributed by atoms with Crippen LogP contribution in [0.1, 0.15) is 46.5 Å². The predicted molar refractivity (Wildman–Crippen MR) is 78.1 cm³/mol. The molecule has 0 aliphatic heterocycles. The summed E-state index contributed by atoms with van der Waals surface area (Å²) < 4.78 is 18.2. The van der Waals surface area contributed by atoms with Gasteiger partial charge in [0.2, 0.25) is 0 Å². The molecule has 108 valence electrons. The van der Waals surface area contributed by atoms with Crippen LogP contribution in [0.3, 0.4) is 0 Å². The van der Waals surface area contributed by atoms with Gasteiger partial charge in [-0.1, -0.05) is 12.8 Å². The van der Waals surface area contributed by atoms with Crippen molar-refractivity contribution in [2.24, 2.45) is 0 Å². The first-order valence-electron chi connectivity index (χ1n) is 7.11. The largest absolute Gasteiger partial charge is 0.494 e. The van der Waals surface area contributed by atoms with E-state index in [4.69, 9.17) is 4.74 Å². The summed E-state index contributed by atoms with van der Waals surface area (Å²) in [5.41, 5.74) is 0.214. The quantitative estimate of drug-likeness (QED) is 0.714. The Morgan fingerprint density at radius 2 is 1.63 bits per heavy atom. The second-order valence-corrected chi connectivity index (χ2v) is 5.89. The number of hydrogen-bond donors (Lipinski definition) is 1. The Morgan fingerprint density at radius 3 is 2.26 bits per heavy atom. The summed E-state index contributed by atoms with van der Waals surface area (Å²) in [6.45, 7) is 8.33. The number of halogens is 1. The lowest BCUT2D eigenvalue weighted by Crippen LogP contribution is -2.36. The molecule has 0 aliphatic rings. The van der Waals surface area contributed by atoms with Crippen molar-refractivity contribution in [2.75, 3.05) is 13.2 Å². The van der Waals surface area contributed by atoms with Gasteiger partial charge in [-0.05, 0) is 64.4 Å². The monoisotopic (exact) mass is 267 g/mol. The number of ether oxygens (including phenoxy) is 1. The van der Waals surface area contributed by atoms with Crippen LogP contribution < -0.4 is 10.1 Å². The topological polar surface area (TPSA) is 21.3 Å². The molecule has 0 atom stereocenters. The van der Waals surface area contributed by atoms with Gasteiger partial charge in [-0.2, -0.15) is 0 Å². The van der Waals surface area contributed by atoms with Gasteiger partial charge in [-0.3, -0.25) is 0 Å². The molecule has 0 spiro atoms. The first-order valence-corrected chi connectivity index (χ1v) is 7.11. The van der Waals surface area contributed by atoms with Crippen molar-refractivity contribution in [3.05, 3.63) is 30.1 Å². The maximum absolute atomic E-state index is 12.7. The molecule has 2 nitrogen and oxygen atoms in total. The van der Waals surface area contributed by atoms with E-state index in [1.54, 1.807) is 12.1 Å². The lowest BCUT2D eigenvalue weighted by atomic mass is 10.1. The highest BCUT2D eigenvalue weighted by atomic mass is 19.1. The normalized spacial score (nSPS) is 11.6. The molecule has 1 N–H and O–H groups in total. The van der Waals surface area contributed by atoms with Gasteiger partial charge in [-0.25, -0.2) is 4.39 Å². The first kappa shape index (κ1) is 16.0. The highest BCUT2D eigenvalue weighted by Gasteiger charge is 2.06. The SMILES string of the molecule is CC(C)(C)NCCCCCCOc1ccc(F)cc1. The maximum Gasteiger partial charge on any atom is 0.123 e. The fourth-order valence-corrected chi connectivity index (χ4v) is 1.76. The molecule has 0 unspecified atom stereocenters. The van der Waals surface area contributed by atoms with Crippen molar-refractivity contribution < 1.29 is 9.13 Å². The molecule has 0 amide bonds. The summed E-state index contributed by atoms with van der Waals surface area (Å²) in [6.07, 6.45) is 4.64. The number of benzene rings is 1. The average Bonchev–Trinajstić information content (AvgIpc) is 2.33. The molecular formula is C16H26FNO. The van der Waals surface area contributed by atoms with Crippen molar-refractivity contribution in [3.8, 4) is 5.75 Å². The highest BCUT2D eigenvalue weighted by molar-refractivity contribution is 5.21. The number of nitrogens with one attached hydrogen (secondary N) is 1. The zero-order chi connectivity index (χ0) is 14.1. The Kier molecular flexibility index (Phi) is 6.85. The van der Waals surface area contributed by atoms with Gasteiger partial charge in [0.05, 0.1) is 6.61 Å². The molecule has 0 aliphatic carbocycles. The molecule has 0 radical (unpaired) electrons. The molecule has 0 saturated heterocycles. The maximum atomic E-state index is 12.7. The highest BCUT2D eigenvalue weighted by Crippen LogP contribution is 2.12. The third-order valence-corrected chi connectivity index (χ3v) is 2.81. The van der Waals surface area contributed by atoms with Gasteiger partial charge < -0.3 is 10.1 Å². The molecule has 1 aromatic rings. The molecule has 1 rings (SSSR count). The van der Waals surface area contributed by atoms with E-state index in [0.717, 1.165) is 18.7 Å². The van der Waals surface area contributed by atoms with Crippen molar-refractivity contribution in [1.82, 2.24) is 5.32 Å². The van der Waals surface area contributed by atoms with E-state index in [1.807, 2.05) is 0 Å². The molecule has 0 heterocycles. The van der Waals surface area contributed by atoms with E-state index in [2.05, 4.69) is 26.1 Å². The third-order valence-electron chi connectivity index (χ3n) is 2.81. The van der Waals surface area contributed by atoms with Crippen molar-refractivity contribution in [2.45, 2.75) is 52.0 Å². The van der Waals surface area contributed by atoms with Crippen LogP contribution in [0.25, 0.3) is 0 Å². The van der Waals surface area contributed by atoms with Crippen molar-refractivity contribution in [1.29, 1.82) is 0 Å². The Labute approximate surface area is 116 Å². The van der Waals surface area contributed by atoms with Crippen LogP contribution in [0.2, 0.25) is 0 Å². The Morgan fingerprint density at radius 1 is 1.00 bits per heavy atom. The van der Waals surface area contributed by atoms with Gasteiger partial charge in [0.25, 0.3) is 0 Å². The van der Waals surface area contributed by atoms with Crippen LogP contribution in [0.5, 0.6) is 5.75 Å². The molecule has 1 aromatic carbocycles. The minimum Gasteiger partial charge on any atom is -0.494 e. The fraction of sp³-hybridized carbons (Fsp3) is 0.625. The van der Waals surface area contributed by atoms with Crippen molar-refractivity contribution in [3.63, 3.8) is 0 Å². The minimum absolute atomic E-state index is 0.214. The molecule has 19 heavy (non-hydrogen) atoms. The average molecular weight is 267 g/mol. The molecule has 0 saturated carbocycles. The lowest BCUT2D eigenvalue weighted by Gasteiger charge is -2.20. The van der Waals surface area contributed by atoms with E-state index >= 15 is 0 Å². The van der Waals surface area contributed by atoms with Crippen molar-refractivity contribution >= 4 is 0 Å². The second-order valence-electron chi connectivity index (χ2n) is 5.89. The second kappa shape index (κ2) is 8.16. The molecule has 0 fully saturated rings. The van der Waals surface area contributed by atoms with Gasteiger partial charge in [0, 0.05) is 5.54 Å². The first-order chi connectivity index (χ1) is 8.97. The summed E-state index contributed by atoms with van der Waals surface area (Å²) in [4.78, 5) is 0. The van der Waals surface area contributed by atoms with Crippen LogP contribution in [0, 0.1) is 5.82 Å². The van der Waals surface area contributed by atoms with Crippen LogP contribution in [0.4, 0.5) is 4.39 Å². The van der Waals surface area contributed by atoms with E-state index in [9.17, 15) is 4.39 Å². The van der Waals surface area contributed by atoms with Gasteiger partial charge >= 0.3 is 0 Å². The minimum atomic E-state index is -0.223.